The van der Waals surface area contributed by atoms with Crippen LogP contribution in [0.5, 0.6) is 0 Å². The lowest BCUT2D eigenvalue weighted by molar-refractivity contribution is -0.383. The van der Waals surface area contributed by atoms with Crippen LogP contribution in [0.3, 0.4) is 0 Å². The summed E-state index contributed by atoms with van der Waals surface area (Å²) in [5.74, 6) is 0. The van der Waals surface area contributed by atoms with E-state index in [9.17, 15) is 28.1 Å². The van der Waals surface area contributed by atoms with E-state index in [1.54, 1.807) is 6.92 Å². The fourth-order valence-corrected chi connectivity index (χ4v) is 2.19. The molecule has 0 spiro atoms. The first-order valence-corrected chi connectivity index (χ1v) is 7.83. The molecule has 144 valence electrons. The molecule has 2 N–H and O–H groups in total. The number of benzene rings is 2. The second-order valence-electron chi connectivity index (χ2n) is 5.38. The largest absolute Gasteiger partial charge is 0.450 e. The number of carbonyl (C=O) groups excluding carboxylic acids is 1. The van der Waals surface area contributed by atoms with E-state index in [-0.39, 0.29) is 24.5 Å². The molecule has 0 aliphatic heterocycles. The predicted molar refractivity (Wildman–Crippen MR) is 92.5 cm³/mol. The first-order chi connectivity index (χ1) is 12.7. The number of nitrogens with one attached hydrogen (secondary N) is 2. The number of nitrogens with zero attached hydrogens (tertiary/aromatic N) is 1. The molecular weight excluding hydrogens is 367 g/mol. The number of alkyl halides is 3. The van der Waals surface area contributed by atoms with Gasteiger partial charge in [-0.2, -0.15) is 13.2 Å². The minimum absolute atomic E-state index is 0.0291. The van der Waals surface area contributed by atoms with Gasteiger partial charge in [0.05, 0.1) is 17.1 Å². The SMILES string of the molecule is CCOC(=O)Nc1ccc(NCc2ccc(C(F)(F)F)cc2)cc1[N+](=O)[O-]. The zero-order chi connectivity index (χ0) is 20.0. The number of ether oxygens (including phenoxy) is 1. The monoisotopic (exact) mass is 383 g/mol. The molecule has 0 aliphatic carbocycles. The zero-order valence-electron chi connectivity index (χ0n) is 14.2. The highest BCUT2D eigenvalue weighted by atomic mass is 19.4. The highest BCUT2D eigenvalue weighted by Crippen LogP contribution is 2.30. The van der Waals surface area contributed by atoms with Crippen LogP contribution in [0.15, 0.2) is 42.5 Å². The van der Waals surface area contributed by atoms with E-state index in [1.165, 1.54) is 30.3 Å². The third-order valence-electron chi connectivity index (χ3n) is 3.48. The Morgan fingerprint density at radius 1 is 1.19 bits per heavy atom. The van der Waals surface area contributed by atoms with Crippen molar-refractivity contribution in [2.24, 2.45) is 0 Å². The highest BCUT2D eigenvalue weighted by Gasteiger charge is 2.29. The van der Waals surface area contributed by atoms with E-state index in [0.29, 0.717) is 11.3 Å². The van der Waals surface area contributed by atoms with Crippen LogP contribution in [0.1, 0.15) is 18.1 Å². The van der Waals surface area contributed by atoms with Crippen LogP contribution in [-0.2, 0) is 17.5 Å². The van der Waals surface area contributed by atoms with Gasteiger partial charge in [0.15, 0.2) is 0 Å². The van der Waals surface area contributed by atoms with E-state index in [2.05, 4.69) is 15.4 Å². The Labute approximate surface area is 152 Å². The third-order valence-corrected chi connectivity index (χ3v) is 3.48. The van der Waals surface area contributed by atoms with Crippen molar-refractivity contribution in [3.05, 3.63) is 63.7 Å². The van der Waals surface area contributed by atoms with Crippen LogP contribution in [0.2, 0.25) is 0 Å². The Morgan fingerprint density at radius 2 is 1.85 bits per heavy atom. The lowest BCUT2D eigenvalue weighted by atomic mass is 10.1. The molecule has 0 fully saturated rings. The van der Waals surface area contributed by atoms with Crippen LogP contribution in [0.4, 0.5) is 35.0 Å². The number of anilines is 2. The van der Waals surface area contributed by atoms with Crippen molar-refractivity contribution in [3.8, 4) is 0 Å². The fraction of sp³-hybridized carbons (Fsp3) is 0.235. The lowest BCUT2D eigenvalue weighted by Gasteiger charge is -2.11. The Hall–Kier alpha value is -3.30. The summed E-state index contributed by atoms with van der Waals surface area (Å²) in [6, 6.07) is 8.62. The van der Waals surface area contributed by atoms with Gasteiger partial charge in [-0.15, -0.1) is 0 Å². The fourth-order valence-electron chi connectivity index (χ4n) is 2.19. The Balaban J connectivity index is 2.09. The first kappa shape index (κ1) is 20.0. The van der Waals surface area contributed by atoms with Crippen molar-refractivity contribution in [2.45, 2.75) is 19.6 Å². The molecule has 0 bridgehead atoms. The standard InChI is InChI=1S/C17H16F3N3O4/c1-2-27-16(24)22-14-8-7-13(9-15(14)23(25)26)21-10-11-3-5-12(6-4-11)17(18,19)20/h3-9,21H,2,10H2,1H3,(H,22,24). The van der Waals surface area contributed by atoms with E-state index >= 15 is 0 Å². The van der Waals surface area contributed by atoms with Gasteiger partial charge in [0.2, 0.25) is 0 Å². The normalized spacial score (nSPS) is 11.0. The Kier molecular flexibility index (Phi) is 6.22. The summed E-state index contributed by atoms with van der Waals surface area (Å²) in [5.41, 5.74) is -0.189. The molecular formula is C17H16F3N3O4. The maximum Gasteiger partial charge on any atom is 0.416 e. The predicted octanol–water partition coefficient (Wildman–Crippen LogP) is 4.79. The van der Waals surface area contributed by atoms with Gasteiger partial charge >= 0.3 is 12.3 Å². The molecule has 1 amide bonds. The molecule has 0 aliphatic rings. The highest BCUT2D eigenvalue weighted by molar-refractivity contribution is 5.88. The van der Waals surface area contributed by atoms with Gasteiger partial charge in [0, 0.05) is 18.3 Å². The molecule has 0 saturated carbocycles. The van der Waals surface area contributed by atoms with E-state index in [4.69, 9.17) is 0 Å². The lowest BCUT2D eigenvalue weighted by Crippen LogP contribution is -2.14. The molecule has 2 aromatic rings. The van der Waals surface area contributed by atoms with E-state index < -0.39 is 22.8 Å². The van der Waals surface area contributed by atoms with Crippen molar-refractivity contribution in [1.29, 1.82) is 0 Å². The molecule has 0 heterocycles. The maximum atomic E-state index is 12.5. The average molecular weight is 383 g/mol. The summed E-state index contributed by atoms with van der Waals surface area (Å²) in [4.78, 5) is 22.0. The van der Waals surface area contributed by atoms with Gasteiger partial charge < -0.3 is 10.1 Å². The molecule has 0 unspecified atom stereocenters. The molecule has 2 rings (SSSR count). The Morgan fingerprint density at radius 3 is 2.41 bits per heavy atom. The second-order valence-corrected chi connectivity index (χ2v) is 5.38. The number of halogens is 3. The average Bonchev–Trinajstić information content (AvgIpc) is 2.60. The van der Waals surface area contributed by atoms with Crippen molar-refractivity contribution in [3.63, 3.8) is 0 Å². The number of hydrogen-bond donors (Lipinski definition) is 2. The summed E-state index contributed by atoms with van der Waals surface area (Å²) < 4.78 is 42.3. The van der Waals surface area contributed by atoms with Crippen LogP contribution >= 0.6 is 0 Å². The summed E-state index contributed by atoms with van der Waals surface area (Å²) in [5, 5.41) is 16.4. The number of nitro benzene ring substituents is 1. The number of rotatable bonds is 6. The van der Waals surface area contributed by atoms with Gasteiger partial charge in [-0.1, -0.05) is 12.1 Å². The molecule has 0 saturated heterocycles. The van der Waals surface area contributed by atoms with Crippen LogP contribution in [0.25, 0.3) is 0 Å². The Bertz CT molecular complexity index is 823. The van der Waals surface area contributed by atoms with Gasteiger partial charge in [-0.3, -0.25) is 15.4 Å². The molecule has 2 aromatic carbocycles. The number of carbonyl (C=O) groups is 1. The molecule has 0 atom stereocenters. The van der Waals surface area contributed by atoms with Gasteiger partial charge in [-0.05, 0) is 36.8 Å². The number of hydrogen-bond acceptors (Lipinski definition) is 5. The zero-order valence-corrected chi connectivity index (χ0v) is 14.2. The summed E-state index contributed by atoms with van der Waals surface area (Å²) in [6.07, 6.45) is -5.22. The van der Waals surface area contributed by atoms with Crippen molar-refractivity contribution < 1.29 is 27.6 Å². The summed E-state index contributed by atoms with van der Waals surface area (Å²) in [6.45, 7) is 1.88. The van der Waals surface area contributed by atoms with E-state index in [0.717, 1.165) is 12.1 Å². The molecule has 0 radical (unpaired) electrons. The van der Waals surface area contributed by atoms with Gasteiger partial charge in [0.1, 0.15) is 5.69 Å². The molecule has 10 heteroatoms. The van der Waals surface area contributed by atoms with Gasteiger partial charge in [-0.25, -0.2) is 4.79 Å². The molecule has 27 heavy (non-hydrogen) atoms. The quantitative estimate of drug-likeness (QED) is 0.552. The van der Waals surface area contributed by atoms with Crippen LogP contribution < -0.4 is 10.6 Å². The van der Waals surface area contributed by atoms with Crippen molar-refractivity contribution in [2.75, 3.05) is 17.2 Å². The van der Waals surface area contributed by atoms with Crippen LogP contribution in [-0.4, -0.2) is 17.6 Å². The van der Waals surface area contributed by atoms with E-state index in [1.807, 2.05) is 0 Å². The summed E-state index contributed by atoms with van der Waals surface area (Å²) in [7, 11) is 0. The van der Waals surface area contributed by atoms with Crippen molar-refractivity contribution >= 4 is 23.2 Å². The number of amides is 1. The van der Waals surface area contributed by atoms with Crippen LogP contribution in [0, 0.1) is 10.1 Å². The number of nitro groups is 1. The smallest absolute Gasteiger partial charge is 0.416 e. The minimum atomic E-state index is -4.41. The first-order valence-electron chi connectivity index (χ1n) is 7.83. The molecule has 7 nitrogen and oxygen atoms in total. The second kappa shape index (κ2) is 8.39. The topological polar surface area (TPSA) is 93.5 Å². The third kappa shape index (κ3) is 5.59. The minimum Gasteiger partial charge on any atom is -0.450 e. The van der Waals surface area contributed by atoms with Gasteiger partial charge in [0.25, 0.3) is 5.69 Å². The van der Waals surface area contributed by atoms with Crippen molar-refractivity contribution in [1.82, 2.24) is 0 Å². The maximum absolute atomic E-state index is 12.5. The summed E-state index contributed by atoms with van der Waals surface area (Å²) >= 11 is 0. The molecule has 0 aromatic heterocycles.